The van der Waals surface area contributed by atoms with E-state index in [9.17, 15) is 9.90 Å². The van der Waals surface area contributed by atoms with Crippen molar-refractivity contribution in [3.63, 3.8) is 0 Å². The number of fused-ring (bicyclic) bond motifs is 1. The average molecular weight is 339 g/mol. The van der Waals surface area contributed by atoms with Crippen LogP contribution in [-0.4, -0.2) is 18.3 Å². The van der Waals surface area contributed by atoms with Gasteiger partial charge in [0.15, 0.2) is 0 Å². The molecule has 2 aromatic carbocycles. The molecule has 0 saturated carbocycles. The third-order valence-electron chi connectivity index (χ3n) is 5.11. The molecule has 0 heterocycles. The Balaban J connectivity index is 2.11. The minimum Gasteiger partial charge on any atom is -0.496 e. The molecule has 1 unspecified atom stereocenters. The van der Waals surface area contributed by atoms with Crippen LogP contribution in [0.5, 0.6) is 5.75 Å². The number of aryl methyl sites for hydroxylation is 1. The third kappa shape index (κ3) is 3.21. The van der Waals surface area contributed by atoms with Crippen LogP contribution in [0.1, 0.15) is 43.5 Å². The normalized spacial score (nSPS) is 17.8. The highest BCUT2D eigenvalue weighted by Crippen LogP contribution is 2.48. The molecule has 2 N–H and O–H groups in total. The minimum absolute atomic E-state index is 0.171. The largest absolute Gasteiger partial charge is 0.496 e. The topological polar surface area (TPSA) is 58.6 Å². The van der Waals surface area contributed by atoms with Crippen molar-refractivity contribution in [1.82, 2.24) is 5.32 Å². The van der Waals surface area contributed by atoms with E-state index in [0.29, 0.717) is 0 Å². The van der Waals surface area contributed by atoms with E-state index >= 15 is 0 Å². The lowest BCUT2D eigenvalue weighted by molar-refractivity contribution is 0.175. The smallest absolute Gasteiger partial charge is 0.405 e. The highest BCUT2D eigenvalue weighted by Gasteiger charge is 2.40. The van der Waals surface area contributed by atoms with E-state index in [4.69, 9.17) is 4.74 Å². The molecule has 3 rings (SSSR count). The van der Waals surface area contributed by atoms with E-state index in [2.05, 4.69) is 56.4 Å². The average Bonchev–Trinajstić information content (AvgIpc) is 2.82. The molecule has 1 atom stereocenters. The van der Waals surface area contributed by atoms with Gasteiger partial charge in [-0.25, -0.2) is 4.79 Å². The maximum atomic E-state index is 11.2. The summed E-state index contributed by atoms with van der Waals surface area (Å²) in [5.74, 6) is 0.780. The van der Waals surface area contributed by atoms with E-state index < -0.39 is 6.09 Å². The number of carboxylic acid groups (broad SMARTS) is 1. The lowest BCUT2D eigenvalue weighted by Gasteiger charge is -2.27. The molecule has 0 aromatic heterocycles. The van der Waals surface area contributed by atoms with Crippen molar-refractivity contribution < 1.29 is 14.6 Å². The van der Waals surface area contributed by atoms with Gasteiger partial charge in [-0.3, -0.25) is 0 Å². The highest BCUT2D eigenvalue weighted by atomic mass is 16.5. The number of nitrogens with one attached hydrogen (secondary N) is 1. The second kappa shape index (κ2) is 6.43. The van der Waals surface area contributed by atoms with Gasteiger partial charge in [0.2, 0.25) is 0 Å². The second-order valence-electron chi connectivity index (χ2n) is 7.35. The number of hydrogen-bond donors (Lipinski definition) is 2. The van der Waals surface area contributed by atoms with Crippen LogP contribution in [0.25, 0.3) is 11.1 Å². The van der Waals surface area contributed by atoms with Crippen molar-refractivity contribution in [3.05, 3.63) is 53.1 Å². The van der Waals surface area contributed by atoms with E-state index in [1.165, 1.54) is 11.1 Å². The van der Waals surface area contributed by atoms with Crippen LogP contribution >= 0.6 is 0 Å². The lowest BCUT2D eigenvalue weighted by atomic mass is 9.85. The fourth-order valence-electron chi connectivity index (χ4n) is 3.83. The molecule has 0 saturated heterocycles. The van der Waals surface area contributed by atoms with E-state index in [-0.39, 0.29) is 11.5 Å². The van der Waals surface area contributed by atoms with Gasteiger partial charge in [0.1, 0.15) is 5.75 Å². The molecule has 0 spiro atoms. The highest BCUT2D eigenvalue weighted by molar-refractivity contribution is 5.74. The van der Waals surface area contributed by atoms with E-state index in [1.54, 1.807) is 7.11 Å². The SMILES string of the molecule is CCc1cccc(-c2cc3c(cc2OC)C(NC(=O)O)C(C)(C)C3)c1. The molecule has 25 heavy (non-hydrogen) atoms. The molecule has 4 nitrogen and oxygen atoms in total. The Morgan fingerprint density at radius 3 is 2.72 bits per heavy atom. The molecule has 0 bridgehead atoms. The van der Waals surface area contributed by atoms with Crippen LogP contribution in [0.3, 0.4) is 0 Å². The Kier molecular flexibility index (Phi) is 4.46. The first-order chi connectivity index (χ1) is 11.9. The number of rotatable bonds is 4. The summed E-state index contributed by atoms with van der Waals surface area (Å²) in [6.45, 7) is 6.33. The van der Waals surface area contributed by atoms with Crippen LogP contribution in [-0.2, 0) is 12.8 Å². The monoisotopic (exact) mass is 339 g/mol. The Hall–Kier alpha value is -2.49. The quantitative estimate of drug-likeness (QED) is 0.840. The third-order valence-corrected chi connectivity index (χ3v) is 5.11. The van der Waals surface area contributed by atoms with Gasteiger partial charge in [-0.2, -0.15) is 0 Å². The van der Waals surface area contributed by atoms with Gasteiger partial charge in [0, 0.05) is 5.56 Å². The molecule has 2 aromatic rings. The van der Waals surface area contributed by atoms with E-state index in [1.807, 2.05) is 6.07 Å². The van der Waals surface area contributed by atoms with Gasteiger partial charge in [0.05, 0.1) is 13.2 Å². The van der Waals surface area contributed by atoms with Gasteiger partial charge in [-0.15, -0.1) is 0 Å². The molecular formula is C21H25NO3. The first-order valence-corrected chi connectivity index (χ1v) is 8.65. The van der Waals surface area contributed by atoms with Crippen molar-refractivity contribution in [2.75, 3.05) is 7.11 Å². The Bertz CT molecular complexity index is 811. The van der Waals surface area contributed by atoms with Crippen LogP contribution in [0.4, 0.5) is 4.79 Å². The van der Waals surface area contributed by atoms with Crippen LogP contribution in [0, 0.1) is 5.41 Å². The van der Waals surface area contributed by atoms with Crippen LogP contribution in [0.2, 0.25) is 0 Å². The summed E-state index contributed by atoms with van der Waals surface area (Å²) in [5.41, 5.74) is 5.50. The summed E-state index contributed by atoms with van der Waals surface area (Å²) in [6.07, 6.45) is 0.820. The van der Waals surface area contributed by atoms with Crippen molar-refractivity contribution in [3.8, 4) is 16.9 Å². The molecule has 0 radical (unpaired) electrons. The van der Waals surface area contributed by atoms with Crippen LogP contribution in [0.15, 0.2) is 36.4 Å². The molecule has 0 fully saturated rings. The molecule has 1 amide bonds. The second-order valence-corrected chi connectivity index (χ2v) is 7.35. The summed E-state index contributed by atoms with van der Waals surface area (Å²) >= 11 is 0. The summed E-state index contributed by atoms with van der Waals surface area (Å²) in [5, 5.41) is 11.9. The Labute approximate surface area is 148 Å². The van der Waals surface area contributed by atoms with Crippen molar-refractivity contribution in [1.29, 1.82) is 0 Å². The maximum absolute atomic E-state index is 11.2. The fraction of sp³-hybridized carbons (Fsp3) is 0.381. The van der Waals surface area contributed by atoms with Gasteiger partial charge in [0.25, 0.3) is 0 Å². The predicted molar refractivity (Wildman–Crippen MR) is 99.2 cm³/mol. The maximum Gasteiger partial charge on any atom is 0.405 e. The van der Waals surface area contributed by atoms with Crippen LogP contribution < -0.4 is 10.1 Å². The van der Waals surface area contributed by atoms with Crippen molar-refractivity contribution >= 4 is 6.09 Å². The number of carbonyl (C=O) groups is 1. The van der Waals surface area contributed by atoms with Gasteiger partial charge < -0.3 is 15.2 Å². The summed E-state index contributed by atoms with van der Waals surface area (Å²) in [6, 6.07) is 12.4. The summed E-state index contributed by atoms with van der Waals surface area (Å²) in [4.78, 5) is 11.2. The van der Waals surface area contributed by atoms with Gasteiger partial charge in [-0.1, -0.05) is 45.0 Å². The molecule has 4 heteroatoms. The lowest BCUT2D eigenvalue weighted by Crippen LogP contribution is -2.34. The summed E-state index contributed by atoms with van der Waals surface area (Å²) in [7, 11) is 1.66. The molecule has 132 valence electrons. The fourth-order valence-corrected chi connectivity index (χ4v) is 3.83. The van der Waals surface area contributed by atoms with Gasteiger partial charge >= 0.3 is 6.09 Å². The first-order valence-electron chi connectivity index (χ1n) is 8.65. The predicted octanol–water partition coefficient (Wildman–Crippen LogP) is 4.82. The molecule has 1 aliphatic rings. The summed E-state index contributed by atoms with van der Waals surface area (Å²) < 4.78 is 5.64. The number of ether oxygens (including phenoxy) is 1. The zero-order chi connectivity index (χ0) is 18.2. The molecular weight excluding hydrogens is 314 g/mol. The standard InChI is InChI=1S/C21H25NO3/c1-5-13-7-6-8-14(9-13)16-10-15-12-21(2,3)19(22-20(23)24)17(15)11-18(16)25-4/h6-11,19,22H,5,12H2,1-4H3,(H,23,24). The zero-order valence-corrected chi connectivity index (χ0v) is 15.2. The van der Waals surface area contributed by atoms with Crippen molar-refractivity contribution in [2.24, 2.45) is 5.41 Å². The zero-order valence-electron chi connectivity index (χ0n) is 15.2. The first kappa shape index (κ1) is 17.3. The van der Waals surface area contributed by atoms with Gasteiger partial charge in [-0.05, 0) is 52.6 Å². The Morgan fingerprint density at radius 2 is 2.08 bits per heavy atom. The number of methoxy groups -OCH3 is 1. The number of amides is 1. The van der Waals surface area contributed by atoms with E-state index in [0.717, 1.165) is 35.3 Å². The molecule has 0 aliphatic heterocycles. The molecule has 1 aliphatic carbocycles. The number of benzene rings is 2. The van der Waals surface area contributed by atoms with Crippen molar-refractivity contribution in [2.45, 2.75) is 39.7 Å². The Morgan fingerprint density at radius 1 is 1.32 bits per heavy atom. The number of hydrogen-bond acceptors (Lipinski definition) is 2. The minimum atomic E-state index is -0.996.